The van der Waals surface area contributed by atoms with Crippen LogP contribution in [0.2, 0.25) is 0 Å². The second-order valence-electron chi connectivity index (χ2n) is 3.09. The van der Waals surface area contributed by atoms with Gasteiger partial charge in [-0.05, 0) is 15.9 Å². The molecule has 0 saturated carbocycles. The SMILES string of the molecule is O=S(=O)(Oc1cc2c(Br)csc2cn1)C(F)(F)F. The van der Waals surface area contributed by atoms with Crippen LogP contribution in [-0.2, 0) is 10.1 Å². The monoisotopic (exact) mass is 361 g/mol. The summed E-state index contributed by atoms with van der Waals surface area (Å²) in [6, 6.07) is 1.12. The minimum atomic E-state index is -5.69. The lowest BCUT2D eigenvalue weighted by atomic mass is 10.3. The fourth-order valence-corrected chi connectivity index (χ4v) is 3.01. The molecule has 0 aliphatic rings. The van der Waals surface area contributed by atoms with Gasteiger partial charge in [0.25, 0.3) is 0 Å². The summed E-state index contributed by atoms with van der Waals surface area (Å²) in [7, 11) is -5.69. The van der Waals surface area contributed by atoms with Gasteiger partial charge in [0.05, 0.1) is 4.70 Å². The topological polar surface area (TPSA) is 56.3 Å². The summed E-state index contributed by atoms with van der Waals surface area (Å²) in [6.45, 7) is 0. The number of fused-ring (bicyclic) bond motifs is 1. The van der Waals surface area contributed by atoms with E-state index in [9.17, 15) is 21.6 Å². The van der Waals surface area contributed by atoms with Crippen LogP contribution in [0.3, 0.4) is 0 Å². The van der Waals surface area contributed by atoms with Crippen molar-refractivity contribution in [1.82, 2.24) is 4.98 Å². The molecule has 10 heteroatoms. The van der Waals surface area contributed by atoms with Crippen LogP contribution in [0.1, 0.15) is 0 Å². The van der Waals surface area contributed by atoms with Crippen molar-refractivity contribution >= 4 is 47.5 Å². The molecule has 0 bridgehead atoms. The van der Waals surface area contributed by atoms with E-state index >= 15 is 0 Å². The van der Waals surface area contributed by atoms with Crippen LogP contribution in [0.4, 0.5) is 13.2 Å². The predicted octanol–water partition coefficient (Wildman–Crippen LogP) is 3.29. The summed E-state index contributed by atoms with van der Waals surface area (Å²) in [4.78, 5) is 3.51. The predicted molar refractivity (Wildman–Crippen MR) is 62.9 cm³/mol. The zero-order chi connectivity index (χ0) is 13.6. The molecule has 0 amide bonds. The van der Waals surface area contributed by atoms with Crippen molar-refractivity contribution in [3.63, 3.8) is 0 Å². The zero-order valence-electron chi connectivity index (χ0n) is 8.23. The maximum Gasteiger partial charge on any atom is 0.534 e. The Labute approximate surface area is 112 Å². The van der Waals surface area contributed by atoms with E-state index in [1.54, 1.807) is 5.38 Å². The van der Waals surface area contributed by atoms with Crippen LogP contribution in [0.25, 0.3) is 10.1 Å². The molecule has 0 aliphatic carbocycles. The van der Waals surface area contributed by atoms with Gasteiger partial charge in [-0.3, -0.25) is 0 Å². The molecule has 2 aromatic heterocycles. The number of halogens is 4. The number of nitrogens with zero attached hydrogens (tertiary/aromatic N) is 1. The molecule has 2 aromatic rings. The Balaban J connectivity index is 2.41. The number of alkyl halides is 3. The fourth-order valence-electron chi connectivity index (χ4n) is 1.09. The Morgan fingerprint density at radius 3 is 2.67 bits per heavy atom. The van der Waals surface area contributed by atoms with Gasteiger partial charge in [-0.25, -0.2) is 4.98 Å². The van der Waals surface area contributed by atoms with E-state index in [1.807, 2.05) is 0 Å². The smallest absolute Gasteiger partial charge is 0.355 e. The standard InChI is InChI=1S/C8H3BrF3NO3S2/c9-5-3-17-6-2-13-7(1-4(5)6)16-18(14,15)8(10,11)12/h1-3H. The van der Waals surface area contributed by atoms with E-state index in [1.165, 1.54) is 17.5 Å². The largest absolute Gasteiger partial charge is 0.534 e. The van der Waals surface area contributed by atoms with Crippen LogP contribution in [0.5, 0.6) is 5.88 Å². The average Bonchev–Trinajstić information content (AvgIpc) is 2.58. The third kappa shape index (κ3) is 2.45. The van der Waals surface area contributed by atoms with Crippen molar-refractivity contribution in [2.75, 3.05) is 0 Å². The van der Waals surface area contributed by atoms with Gasteiger partial charge in [0.2, 0.25) is 5.88 Å². The molecule has 0 aromatic carbocycles. The Bertz CT molecular complexity index is 695. The van der Waals surface area contributed by atoms with Gasteiger partial charge >= 0.3 is 15.6 Å². The van der Waals surface area contributed by atoms with Gasteiger partial charge in [-0.2, -0.15) is 21.6 Å². The fraction of sp³-hybridized carbons (Fsp3) is 0.125. The molecule has 0 radical (unpaired) electrons. The first-order valence-electron chi connectivity index (χ1n) is 4.24. The molecule has 0 aliphatic heterocycles. The third-order valence-corrected chi connectivity index (χ3v) is 4.72. The number of rotatable bonds is 2. The summed E-state index contributed by atoms with van der Waals surface area (Å²) in [5, 5.41) is 2.23. The Morgan fingerprint density at radius 2 is 2.06 bits per heavy atom. The van der Waals surface area contributed by atoms with Crippen LogP contribution < -0.4 is 4.18 Å². The number of hydrogen-bond acceptors (Lipinski definition) is 5. The van der Waals surface area contributed by atoms with Gasteiger partial charge in [0, 0.05) is 27.5 Å². The molecule has 0 saturated heterocycles. The van der Waals surface area contributed by atoms with E-state index in [0.29, 0.717) is 14.6 Å². The average molecular weight is 362 g/mol. The normalized spacial score (nSPS) is 12.9. The molecule has 0 atom stereocenters. The summed E-state index contributed by atoms with van der Waals surface area (Å²) in [5.74, 6) is -0.626. The van der Waals surface area contributed by atoms with E-state index in [4.69, 9.17) is 0 Å². The van der Waals surface area contributed by atoms with E-state index in [-0.39, 0.29) is 0 Å². The second kappa shape index (κ2) is 4.35. The lowest BCUT2D eigenvalue weighted by molar-refractivity contribution is -0.0501. The minimum absolute atomic E-state index is 0.530. The molecule has 2 rings (SSSR count). The summed E-state index contributed by atoms with van der Waals surface area (Å²) in [6.07, 6.45) is 1.24. The van der Waals surface area contributed by atoms with E-state index < -0.39 is 21.5 Å². The van der Waals surface area contributed by atoms with Crippen molar-refractivity contribution in [3.05, 3.63) is 22.1 Å². The zero-order valence-corrected chi connectivity index (χ0v) is 11.5. The van der Waals surface area contributed by atoms with E-state index in [0.717, 1.165) is 6.07 Å². The highest BCUT2D eigenvalue weighted by atomic mass is 79.9. The highest BCUT2D eigenvalue weighted by molar-refractivity contribution is 9.10. The first-order chi connectivity index (χ1) is 8.21. The molecular formula is C8H3BrF3NO3S2. The van der Waals surface area contributed by atoms with Crippen molar-refractivity contribution in [3.8, 4) is 5.88 Å². The lowest BCUT2D eigenvalue weighted by Gasteiger charge is -2.08. The van der Waals surface area contributed by atoms with Crippen molar-refractivity contribution in [1.29, 1.82) is 0 Å². The van der Waals surface area contributed by atoms with Crippen LogP contribution in [0, 0.1) is 0 Å². The third-order valence-electron chi connectivity index (χ3n) is 1.87. The minimum Gasteiger partial charge on any atom is -0.355 e. The highest BCUT2D eigenvalue weighted by Gasteiger charge is 2.48. The second-order valence-corrected chi connectivity index (χ2v) is 6.39. The Morgan fingerprint density at radius 1 is 1.39 bits per heavy atom. The number of hydrogen-bond donors (Lipinski definition) is 0. The highest BCUT2D eigenvalue weighted by Crippen LogP contribution is 2.33. The van der Waals surface area contributed by atoms with Crippen LogP contribution in [-0.4, -0.2) is 18.9 Å². The van der Waals surface area contributed by atoms with Gasteiger partial charge in [0.1, 0.15) is 0 Å². The number of thiophene rings is 1. The van der Waals surface area contributed by atoms with Crippen LogP contribution in [0.15, 0.2) is 22.1 Å². The number of aromatic nitrogens is 1. The van der Waals surface area contributed by atoms with E-state index in [2.05, 4.69) is 25.1 Å². The maximum absolute atomic E-state index is 12.1. The lowest BCUT2D eigenvalue weighted by Crippen LogP contribution is -2.28. The maximum atomic E-state index is 12.1. The molecule has 0 unspecified atom stereocenters. The molecule has 18 heavy (non-hydrogen) atoms. The van der Waals surface area contributed by atoms with Crippen molar-refractivity contribution < 1.29 is 25.8 Å². The first kappa shape index (κ1) is 13.6. The molecule has 98 valence electrons. The van der Waals surface area contributed by atoms with Gasteiger partial charge in [-0.15, -0.1) is 11.3 Å². The van der Waals surface area contributed by atoms with Gasteiger partial charge < -0.3 is 4.18 Å². The van der Waals surface area contributed by atoms with Crippen molar-refractivity contribution in [2.24, 2.45) is 0 Å². The summed E-state index contributed by atoms with van der Waals surface area (Å²) >= 11 is 4.49. The Hall–Kier alpha value is -0.870. The van der Waals surface area contributed by atoms with Gasteiger partial charge in [-0.1, -0.05) is 0 Å². The quantitative estimate of drug-likeness (QED) is 0.608. The summed E-state index contributed by atoms with van der Waals surface area (Å²) < 4.78 is 63.1. The molecule has 0 fully saturated rings. The molecular weight excluding hydrogens is 359 g/mol. The van der Waals surface area contributed by atoms with Crippen LogP contribution >= 0.6 is 27.3 Å². The summed E-state index contributed by atoms with van der Waals surface area (Å²) in [5.41, 5.74) is -5.48. The van der Waals surface area contributed by atoms with Crippen molar-refractivity contribution in [2.45, 2.75) is 5.51 Å². The molecule has 0 spiro atoms. The molecule has 4 nitrogen and oxygen atoms in total. The first-order valence-corrected chi connectivity index (χ1v) is 7.32. The molecule has 0 N–H and O–H groups in total. The van der Waals surface area contributed by atoms with Gasteiger partial charge in [0.15, 0.2) is 0 Å². The Kier molecular flexibility index (Phi) is 3.28. The number of pyridine rings is 1. The molecule has 2 heterocycles.